The summed E-state index contributed by atoms with van der Waals surface area (Å²) in [7, 11) is 1.40. The van der Waals surface area contributed by atoms with Gasteiger partial charge in [0.2, 0.25) is 0 Å². The van der Waals surface area contributed by atoms with Crippen LogP contribution in [0.15, 0.2) is 40.8 Å². The number of hydrogen-bond acceptors (Lipinski definition) is 4. The van der Waals surface area contributed by atoms with Crippen molar-refractivity contribution in [1.29, 1.82) is 0 Å². The maximum Gasteiger partial charge on any atom is 0.327 e. The third-order valence-corrected chi connectivity index (χ3v) is 3.53. The smallest absolute Gasteiger partial charge is 0.327 e. The van der Waals surface area contributed by atoms with Gasteiger partial charge in [-0.3, -0.25) is 5.32 Å². The van der Waals surface area contributed by atoms with E-state index < -0.39 is 6.04 Å². The Morgan fingerprint density at radius 2 is 1.90 bits per heavy atom. The largest absolute Gasteiger partial charge is 0.468 e. The van der Waals surface area contributed by atoms with Crippen LogP contribution in [0.1, 0.15) is 41.7 Å². The molecule has 2 atom stereocenters. The van der Waals surface area contributed by atoms with Crippen molar-refractivity contribution >= 4 is 5.97 Å². The lowest BCUT2D eigenvalue weighted by molar-refractivity contribution is -0.143. The highest BCUT2D eigenvalue weighted by atomic mass is 16.5. The lowest BCUT2D eigenvalue weighted by Gasteiger charge is -2.21. The standard InChI is InChI=1S/C17H21NO3/c1-11-10-15(13(3)21-11)12(2)18-16(17(19)20-4)14-8-6-5-7-9-14/h5-10,12,16,18H,1-4H3. The Kier molecular flexibility index (Phi) is 4.81. The highest BCUT2D eigenvalue weighted by Crippen LogP contribution is 2.25. The highest BCUT2D eigenvalue weighted by Gasteiger charge is 2.24. The van der Waals surface area contributed by atoms with Gasteiger partial charge in [-0.15, -0.1) is 0 Å². The first-order valence-electron chi connectivity index (χ1n) is 6.98. The molecule has 0 saturated carbocycles. The molecule has 2 rings (SSSR count). The van der Waals surface area contributed by atoms with Crippen molar-refractivity contribution in [2.24, 2.45) is 0 Å². The summed E-state index contributed by atoms with van der Waals surface area (Å²) in [6.07, 6.45) is 0. The van der Waals surface area contributed by atoms with Crippen molar-refractivity contribution in [3.63, 3.8) is 0 Å². The van der Waals surface area contributed by atoms with Crippen LogP contribution in [0.3, 0.4) is 0 Å². The molecule has 0 aliphatic heterocycles. The molecular formula is C17H21NO3. The zero-order valence-corrected chi connectivity index (χ0v) is 12.8. The number of furan rings is 1. The predicted molar refractivity (Wildman–Crippen MR) is 80.9 cm³/mol. The van der Waals surface area contributed by atoms with E-state index in [1.807, 2.05) is 57.2 Å². The molecule has 112 valence electrons. The van der Waals surface area contributed by atoms with Crippen LogP contribution in [0.4, 0.5) is 0 Å². The summed E-state index contributed by atoms with van der Waals surface area (Å²) in [5.41, 5.74) is 1.94. The molecule has 0 radical (unpaired) electrons. The second-order valence-electron chi connectivity index (χ2n) is 5.12. The van der Waals surface area contributed by atoms with Gasteiger partial charge in [0, 0.05) is 11.6 Å². The number of benzene rings is 1. The Balaban J connectivity index is 2.23. The predicted octanol–water partition coefficient (Wildman–Crippen LogP) is 3.46. The van der Waals surface area contributed by atoms with E-state index in [1.165, 1.54) is 7.11 Å². The number of methoxy groups -OCH3 is 1. The Morgan fingerprint density at radius 3 is 2.43 bits per heavy atom. The Hall–Kier alpha value is -2.07. The van der Waals surface area contributed by atoms with E-state index in [-0.39, 0.29) is 12.0 Å². The molecule has 0 aliphatic rings. The monoisotopic (exact) mass is 287 g/mol. The lowest BCUT2D eigenvalue weighted by atomic mass is 10.0. The van der Waals surface area contributed by atoms with E-state index in [2.05, 4.69) is 5.32 Å². The summed E-state index contributed by atoms with van der Waals surface area (Å²) >= 11 is 0. The zero-order valence-electron chi connectivity index (χ0n) is 12.8. The quantitative estimate of drug-likeness (QED) is 0.856. The van der Waals surface area contributed by atoms with Crippen LogP contribution in [0.25, 0.3) is 0 Å². The van der Waals surface area contributed by atoms with Crippen LogP contribution in [0, 0.1) is 13.8 Å². The second-order valence-corrected chi connectivity index (χ2v) is 5.12. The molecule has 1 aromatic heterocycles. The fraction of sp³-hybridized carbons (Fsp3) is 0.353. The molecule has 4 heteroatoms. The molecule has 1 aromatic carbocycles. The molecule has 4 nitrogen and oxygen atoms in total. The van der Waals surface area contributed by atoms with Crippen molar-refractivity contribution < 1.29 is 13.9 Å². The van der Waals surface area contributed by atoms with E-state index in [9.17, 15) is 4.79 Å². The number of carbonyl (C=O) groups excluding carboxylic acids is 1. The van der Waals surface area contributed by atoms with Gasteiger partial charge in [0.1, 0.15) is 17.6 Å². The van der Waals surface area contributed by atoms with E-state index in [4.69, 9.17) is 9.15 Å². The van der Waals surface area contributed by atoms with Gasteiger partial charge in [-0.1, -0.05) is 30.3 Å². The molecular weight excluding hydrogens is 266 g/mol. The third kappa shape index (κ3) is 3.52. The summed E-state index contributed by atoms with van der Waals surface area (Å²) in [6.45, 7) is 5.85. The SMILES string of the molecule is COC(=O)C(NC(C)c1cc(C)oc1C)c1ccccc1. The topological polar surface area (TPSA) is 51.5 Å². The first kappa shape index (κ1) is 15.3. The van der Waals surface area contributed by atoms with Crippen molar-refractivity contribution in [3.05, 3.63) is 59.0 Å². The van der Waals surface area contributed by atoms with Crippen LogP contribution >= 0.6 is 0 Å². The van der Waals surface area contributed by atoms with E-state index in [0.29, 0.717) is 0 Å². The average Bonchev–Trinajstić information content (AvgIpc) is 2.83. The number of hydrogen-bond donors (Lipinski definition) is 1. The molecule has 0 fully saturated rings. The van der Waals surface area contributed by atoms with Gasteiger partial charge in [-0.2, -0.15) is 0 Å². The van der Waals surface area contributed by atoms with Gasteiger partial charge < -0.3 is 9.15 Å². The fourth-order valence-corrected chi connectivity index (χ4v) is 2.48. The van der Waals surface area contributed by atoms with E-state index in [1.54, 1.807) is 0 Å². The van der Waals surface area contributed by atoms with Gasteiger partial charge in [-0.05, 0) is 32.4 Å². The Bertz CT molecular complexity index is 604. The van der Waals surface area contributed by atoms with Crippen LogP contribution in [-0.2, 0) is 9.53 Å². The summed E-state index contributed by atoms with van der Waals surface area (Å²) in [5.74, 6) is 1.43. The van der Waals surface area contributed by atoms with Crippen LogP contribution in [0.5, 0.6) is 0 Å². The molecule has 2 unspecified atom stereocenters. The van der Waals surface area contributed by atoms with Crippen molar-refractivity contribution in [3.8, 4) is 0 Å². The summed E-state index contributed by atoms with van der Waals surface area (Å²) in [5, 5.41) is 3.32. The van der Waals surface area contributed by atoms with Crippen LogP contribution < -0.4 is 5.32 Å². The second kappa shape index (κ2) is 6.59. The molecule has 0 bridgehead atoms. The number of ether oxygens (including phenoxy) is 1. The summed E-state index contributed by atoms with van der Waals surface area (Å²) < 4.78 is 10.5. The molecule has 0 aliphatic carbocycles. The Morgan fingerprint density at radius 1 is 1.24 bits per heavy atom. The van der Waals surface area contributed by atoms with Gasteiger partial charge in [0.15, 0.2) is 0 Å². The Labute approximate surface area is 125 Å². The summed E-state index contributed by atoms with van der Waals surface area (Å²) in [4.78, 5) is 12.1. The summed E-state index contributed by atoms with van der Waals surface area (Å²) in [6, 6.07) is 11.0. The number of carbonyl (C=O) groups is 1. The van der Waals surface area contributed by atoms with Crippen LogP contribution in [0.2, 0.25) is 0 Å². The lowest BCUT2D eigenvalue weighted by Crippen LogP contribution is -2.31. The number of aryl methyl sites for hydroxylation is 2. The van der Waals surface area contributed by atoms with E-state index in [0.717, 1.165) is 22.6 Å². The first-order valence-corrected chi connectivity index (χ1v) is 6.98. The first-order chi connectivity index (χ1) is 10.0. The van der Waals surface area contributed by atoms with Crippen molar-refractivity contribution in [1.82, 2.24) is 5.32 Å². The molecule has 0 saturated heterocycles. The number of nitrogens with one attached hydrogen (secondary N) is 1. The minimum atomic E-state index is -0.499. The molecule has 1 N–H and O–H groups in total. The minimum Gasteiger partial charge on any atom is -0.468 e. The minimum absolute atomic E-state index is 0.0215. The third-order valence-electron chi connectivity index (χ3n) is 3.53. The van der Waals surface area contributed by atoms with Crippen molar-refractivity contribution in [2.75, 3.05) is 7.11 Å². The molecule has 0 spiro atoms. The van der Waals surface area contributed by atoms with Gasteiger partial charge >= 0.3 is 5.97 Å². The van der Waals surface area contributed by atoms with Crippen LogP contribution in [-0.4, -0.2) is 13.1 Å². The molecule has 0 amide bonds. The molecule has 2 aromatic rings. The van der Waals surface area contributed by atoms with Gasteiger partial charge in [0.05, 0.1) is 7.11 Å². The van der Waals surface area contributed by atoms with Crippen molar-refractivity contribution in [2.45, 2.75) is 32.9 Å². The van der Waals surface area contributed by atoms with E-state index >= 15 is 0 Å². The zero-order chi connectivity index (χ0) is 15.4. The number of rotatable bonds is 5. The normalized spacial score (nSPS) is 13.7. The highest BCUT2D eigenvalue weighted by molar-refractivity contribution is 5.77. The fourth-order valence-electron chi connectivity index (χ4n) is 2.48. The number of esters is 1. The molecule has 21 heavy (non-hydrogen) atoms. The average molecular weight is 287 g/mol. The van der Waals surface area contributed by atoms with Gasteiger partial charge in [0.25, 0.3) is 0 Å². The maximum absolute atomic E-state index is 12.1. The van der Waals surface area contributed by atoms with Gasteiger partial charge in [-0.25, -0.2) is 4.79 Å². The maximum atomic E-state index is 12.1. The molecule has 1 heterocycles.